The van der Waals surface area contributed by atoms with E-state index in [0.717, 1.165) is 34.8 Å². The molecule has 1 saturated carbocycles. The number of nitrogens with two attached hydrogens (primary N) is 1. The molecular weight excluding hydrogens is 327 g/mol. The van der Waals surface area contributed by atoms with Gasteiger partial charge in [0.15, 0.2) is 0 Å². The maximum atomic E-state index is 12.1. The first-order chi connectivity index (χ1) is 8.16. The number of nitrogens with one attached hydrogen (secondary N) is 1. The van der Waals surface area contributed by atoms with Gasteiger partial charge < -0.3 is 11.1 Å². The zero-order valence-corrected chi connectivity index (χ0v) is 11.8. The van der Waals surface area contributed by atoms with Gasteiger partial charge in [-0.1, -0.05) is 12.1 Å². The van der Waals surface area contributed by atoms with E-state index in [1.807, 2.05) is 24.3 Å². The first kappa shape index (κ1) is 12.8. The summed E-state index contributed by atoms with van der Waals surface area (Å²) in [5.74, 6) is 0.0375. The van der Waals surface area contributed by atoms with E-state index in [1.54, 1.807) is 0 Å². The zero-order valence-electron chi connectivity index (χ0n) is 9.66. The smallest absolute Gasteiger partial charge is 0.252 e. The van der Waals surface area contributed by atoms with Crippen LogP contribution < -0.4 is 11.1 Å². The van der Waals surface area contributed by atoms with Crippen molar-refractivity contribution in [1.82, 2.24) is 5.32 Å². The molecule has 1 aromatic carbocycles. The largest absolute Gasteiger partial charge is 0.349 e. The Balaban J connectivity index is 1.96. The lowest BCUT2D eigenvalue weighted by molar-refractivity contribution is 0.0925. The summed E-state index contributed by atoms with van der Waals surface area (Å²) in [6.45, 7) is 0. The molecule has 0 unspecified atom stereocenters. The number of halogens is 1. The second-order valence-electron chi connectivity index (χ2n) is 4.57. The normalized spacial score (nSPS) is 24.4. The molecule has 0 aromatic heterocycles. The van der Waals surface area contributed by atoms with Gasteiger partial charge in [-0.15, -0.1) is 0 Å². The standard InChI is InChI=1S/C13H17IN2O/c14-12-4-2-1-3-11(12)13(17)16-10-7-5-9(15)6-8-10/h1-4,9-10H,5-8,15H2,(H,16,17). The van der Waals surface area contributed by atoms with E-state index in [-0.39, 0.29) is 5.91 Å². The number of carbonyl (C=O) groups is 1. The lowest BCUT2D eigenvalue weighted by Gasteiger charge is -2.26. The van der Waals surface area contributed by atoms with Gasteiger partial charge in [-0.3, -0.25) is 4.79 Å². The Morgan fingerprint density at radius 3 is 2.53 bits per heavy atom. The van der Waals surface area contributed by atoms with E-state index in [2.05, 4.69) is 27.9 Å². The Morgan fingerprint density at radius 1 is 1.24 bits per heavy atom. The summed E-state index contributed by atoms with van der Waals surface area (Å²) < 4.78 is 0.995. The Kier molecular flexibility index (Phi) is 4.39. The Bertz CT molecular complexity index is 400. The van der Waals surface area contributed by atoms with Crippen molar-refractivity contribution in [3.63, 3.8) is 0 Å². The molecule has 0 atom stereocenters. The van der Waals surface area contributed by atoms with Gasteiger partial charge in [-0.25, -0.2) is 0 Å². The summed E-state index contributed by atoms with van der Waals surface area (Å²) in [5.41, 5.74) is 6.62. The van der Waals surface area contributed by atoms with Gasteiger partial charge in [0, 0.05) is 15.7 Å². The number of hydrogen-bond donors (Lipinski definition) is 2. The fraction of sp³-hybridized carbons (Fsp3) is 0.462. The highest BCUT2D eigenvalue weighted by Gasteiger charge is 2.21. The van der Waals surface area contributed by atoms with E-state index in [4.69, 9.17) is 5.73 Å². The molecule has 3 N–H and O–H groups in total. The van der Waals surface area contributed by atoms with Crippen LogP contribution in [0.1, 0.15) is 36.0 Å². The van der Waals surface area contributed by atoms with Crippen molar-refractivity contribution < 1.29 is 4.79 Å². The van der Waals surface area contributed by atoms with Crippen LogP contribution in [-0.4, -0.2) is 18.0 Å². The minimum absolute atomic E-state index is 0.0375. The van der Waals surface area contributed by atoms with Crippen LogP contribution in [0.2, 0.25) is 0 Å². The Labute approximate surface area is 115 Å². The van der Waals surface area contributed by atoms with Gasteiger partial charge in [0.05, 0.1) is 5.56 Å². The number of rotatable bonds is 2. The van der Waals surface area contributed by atoms with E-state index in [0.29, 0.717) is 12.1 Å². The van der Waals surface area contributed by atoms with Crippen LogP contribution in [0.25, 0.3) is 0 Å². The average Bonchev–Trinajstić information content (AvgIpc) is 2.32. The molecule has 0 aliphatic heterocycles. The maximum absolute atomic E-state index is 12.1. The van der Waals surface area contributed by atoms with Crippen molar-refractivity contribution in [2.45, 2.75) is 37.8 Å². The summed E-state index contributed by atoms with van der Waals surface area (Å²) in [4.78, 5) is 12.1. The molecule has 1 aliphatic carbocycles. The molecule has 3 nitrogen and oxygen atoms in total. The van der Waals surface area contributed by atoms with Crippen LogP contribution in [0.15, 0.2) is 24.3 Å². The second-order valence-corrected chi connectivity index (χ2v) is 5.73. The molecular formula is C13H17IN2O. The SMILES string of the molecule is NC1CCC(NC(=O)c2ccccc2I)CC1. The minimum Gasteiger partial charge on any atom is -0.349 e. The molecule has 1 aromatic rings. The maximum Gasteiger partial charge on any atom is 0.252 e. The molecule has 92 valence electrons. The quantitative estimate of drug-likeness (QED) is 0.809. The monoisotopic (exact) mass is 344 g/mol. The fourth-order valence-corrected chi connectivity index (χ4v) is 2.80. The van der Waals surface area contributed by atoms with Crippen molar-refractivity contribution in [3.05, 3.63) is 33.4 Å². The second kappa shape index (κ2) is 5.82. The third-order valence-corrected chi connectivity index (χ3v) is 4.17. The first-order valence-corrected chi connectivity index (χ1v) is 7.05. The van der Waals surface area contributed by atoms with Crippen LogP contribution in [-0.2, 0) is 0 Å². The Morgan fingerprint density at radius 2 is 1.88 bits per heavy atom. The van der Waals surface area contributed by atoms with Gasteiger partial charge in [0.1, 0.15) is 0 Å². The third kappa shape index (κ3) is 3.42. The van der Waals surface area contributed by atoms with Gasteiger partial charge in [-0.05, 0) is 60.4 Å². The molecule has 0 bridgehead atoms. The van der Waals surface area contributed by atoms with Gasteiger partial charge in [-0.2, -0.15) is 0 Å². The van der Waals surface area contributed by atoms with E-state index < -0.39 is 0 Å². The number of amides is 1. The number of carbonyl (C=O) groups excluding carboxylic acids is 1. The van der Waals surface area contributed by atoms with Crippen molar-refractivity contribution in [2.75, 3.05) is 0 Å². The van der Waals surface area contributed by atoms with E-state index >= 15 is 0 Å². The summed E-state index contributed by atoms with van der Waals surface area (Å²) >= 11 is 2.19. The molecule has 1 amide bonds. The van der Waals surface area contributed by atoms with Crippen LogP contribution in [0.5, 0.6) is 0 Å². The first-order valence-electron chi connectivity index (χ1n) is 5.98. The van der Waals surface area contributed by atoms with E-state index in [1.165, 1.54) is 0 Å². The molecule has 0 saturated heterocycles. The topological polar surface area (TPSA) is 55.1 Å². The van der Waals surface area contributed by atoms with Crippen LogP contribution in [0.4, 0.5) is 0 Å². The van der Waals surface area contributed by atoms with Gasteiger partial charge in [0.25, 0.3) is 5.91 Å². The number of hydrogen-bond acceptors (Lipinski definition) is 2. The highest BCUT2D eigenvalue weighted by Crippen LogP contribution is 2.18. The van der Waals surface area contributed by atoms with Crippen LogP contribution in [0, 0.1) is 3.57 Å². The van der Waals surface area contributed by atoms with Gasteiger partial charge >= 0.3 is 0 Å². The molecule has 2 rings (SSSR count). The Hall–Kier alpha value is -0.620. The zero-order chi connectivity index (χ0) is 12.3. The molecule has 1 aliphatic rings. The molecule has 0 spiro atoms. The fourth-order valence-electron chi connectivity index (χ4n) is 2.17. The highest BCUT2D eigenvalue weighted by molar-refractivity contribution is 14.1. The molecule has 0 heterocycles. The predicted octanol–water partition coefficient (Wildman–Crippen LogP) is 2.29. The van der Waals surface area contributed by atoms with Gasteiger partial charge in [0.2, 0.25) is 0 Å². The number of benzene rings is 1. The van der Waals surface area contributed by atoms with Crippen LogP contribution in [0.3, 0.4) is 0 Å². The van der Waals surface area contributed by atoms with Crippen molar-refractivity contribution >= 4 is 28.5 Å². The molecule has 4 heteroatoms. The molecule has 1 fully saturated rings. The minimum atomic E-state index is 0.0375. The lowest BCUT2D eigenvalue weighted by Crippen LogP contribution is -2.40. The molecule has 17 heavy (non-hydrogen) atoms. The van der Waals surface area contributed by atoms with Crippen molar-refractivity contribution in [1.29, 1.82) is 0 Å². The average molecular weight is 344 g/mol. The van der Waals surface area contributed by atoms with E-state index in [9.17, 15) is 4.79 Å². The summed E-state index contributed by atoms with van der Waals surface area (Å²) in [5, 5.41) is 3.10. The summed E-state index contributed by atoms with van der Waals surface area (Å²) in [7, 11) is 0. The lowest BCUT2D eigenvalue weighted by atomic mass is 9.91. The predicted molar refractivity (Wildman–Crippen MR) is 76.9 cm³/mol. The van der Waals surface area contributed by atoms with Crippen LogP contribution >= 0.6 is 22.6 Å². The van der Waals surface area contributed by atoms with Crippen molar-refractivity contribution in [3.8, 4) is 0 Å². The molecule has 0 radical (unpaired) electrons. The summed E-state index contributed by atoms with van der Waals surface area (Å²) in [6, 6.07) is 8.27. The highest BCUT2D eigenvalue weighted by atomic mass is 127. The third-order valence-electron chi connectivity index (χ3n) is 3.23. The van der Waals surface area contributed by atoms with Crippen molar-refractivity contribution in [2.24, 2.45) is 5.73 Å². The summed E-state index contributed by atoms with van der Waals surface area (Å²) in [6.07, 6.45) is 4.01.